The molecule has 1 aromatic carbocycles. The second-order valence-electron chi connectivity index (χ2n) is 3.84. The van der Waals surface area contributed by atoms with Crippen molar-refractivity contribution in [3.05, 3.63) is 35.9 Å². The van der Waals surface area contributed by atoms with E-state index in [0.717, 1.165) is 5.56 Å². The molecule has 0 aliphatic carbocycles. The Bertz CT molecular complexity index is 371. The zero-order chi connectivity index (χ0) is 11.4. The molecule has 0 unspecified atom stereocenters. The number of rotatable bonds is 3. The van der Waals surface area contributed by atoms with E-state index in [9.17, 15) is 0 Å². The molecule has 2 atom stereocenters. The third-order valence-electron chi connectivity index (χ3n) is 2.67. The van der Waals surface area contributed by atoms with Gasteiger partial charge in [0.25, 0.3) is 0 Å². The third-order valence-corrected chi connectivity index (χ3v) is 2.67. The standard InChI is InChI=1S/C13H15NO2/c1-2-8-14-9-12(10-15)16-13(14)11-6-4-3-5-7-11/h1,3-7,12-13,15H,8-10H2/t12-,13+/m1/s1. The first kappa shape index (κ1) is 11.2. The van der Waals surface area contributed by atoms with Crippen molar-refractivity contribution in [1.82, 2.24) is 4.90 Å². The molecule has 0 spiro atoms. The molecule has 3 heteroatoms. The lowest BCUT2D eigenvalue weighted by molar-refractivity contribution is -0.0166. The first-order valence-corrected chi connectivity index (χ1v) is 5.34. The Morgan fingerprint density at radius 3 is 2.81 bits per heavy atom. The van der Waals surface area contributed by atoms with Crippen LogP contribution in [0.1, 0.15) is 11.8 Å². The minimum Gasteiger partial charge on any atom is -0.394 e. The van der Waals surface area contributed by atoms with Crippen LogP contribution < -0.4 is 0 Å². The highest BCUT2D eigenvalue weighted by Crippen LogP contribution is 2.29. The van der Waals surface area contributed by atoms with Crippen LogP contribution in [0.2, 0.25) is 0 Å². The maximum atomic E-state index is 9.11. The van der Waals surface area contributed by atoms with Gasteiger partial charge in [0.15, 0.2) is 0 Å². The van der Waals surface area contributed by atoms with Crippen LogP contribution in [0.25, 0.3) is 0 Å². The number of terminal acetylenes is 1. The van der Waals surface area contributed by atoms with Crippen LogP contribution in [0.4, 0.5) is 0 Å². The highest BCUT2D eigenvalue weighted by molar-refractivity contribution is 5.18. The second-order valence-corrected chi connectivity index (χ2v) is 3.84. The fourth-order valence-corrected chi connectivity index (χ4v) is 1.94. The molecule has 3 nitrogen and oxygen atoms in total. The van der Waals surface area contributed by atoms with Gasteiger partial charge in [-0.15, -0.1) is 6.42 Å². The van der Waals surface area contributed by atoms with Crippen molar-refractivity contribution in [1.29, 1.82) is 0 Å². The summed E-state index contributed by atoms with van der Waals surface area (Å²) in [6.45, 7) is 1.25. The predicted molar refractivity (Wildman–Crippen MR) is 61.5 cm³/mol. The van der Waals surface area contributed by atoms with Crippen molar-refractivity contribution < 1.29 is 9.84 Å². The number of aliphatic hydroxyl groups excluding tert-OH is 1. The molecule has 0 bridgehead atoms. The lowest BCUT2D eigenvalue weighted by Gasteiger charge is -2.20. The summed E-state index contributed by atoms with van der Waals surface area (Å²) in [6.07, 6.45) is 5.06. The topological polar surface area (TPSA) is 32.7 Å². The van der Waals surface area contributed by atoms with Crippen molar-refractivity contribution in [3.63, 3.8) is 0 Å². The van der Waals surface area contributed by atoms with Crippen LogP contribution in [0, 0.1) is 12.3 Å². The molecule has 16 heavy (non-hydrogen) atoms. The van der Waals surface area contributed by atoms with Crippen molar-refractivity contribution in [3.8, 4) is 12.3 Å². The molecule has 1 aliphatic rings. The van der Waals surface area contributed by atoms with Gasteiger partial charge in [-0.1, -0.05) is 36.3 Å². The fourth-order valence-electron chi connectivity index (χ4n) is 1.94. The molecule has 84 valence electrons. The van der Waals surface area contributed by atoms with Crippen molar-refractivity contribution in [2.45, 2.75) is 12.3 Å². The molecule has 1 aromatic rings. The van der Waals surface area contributed by atoms with Gasteiger partial charge in [-0.05, 0) is 5.56 Å². The van der Waals surface area contributed by atoms with Crippen LogP contribution in [0.3, 0.4) is 0 Å². The Balaban J connectivity index is 2.16. The van der Waals surface area contributed by atoms with Gasteiger partial charge in [0.2, 0.25) is 0 Å². The Labute approximate surface area is 95.6 Å². The summed E-state index contributed by atoms with van der Waals surface area (Å²) in [5.41, 5.74) is 1.08. The van der Waals surface area contributed by atoms with Gasteiger partial charge in [0.05, 0.1) is 19.3 Å². The SMILES string of the molecule is C#CCN1C[C@H](CO)O[C@H]1c1ccccc1. The lowest BCUT2D eigenvalue weighted by atomic mass is 10.2. The minimum atomic E-state index is -0.140. The predicted octanol–water partition coefficient (Wildman–Crippen LogP) is 1.01. The monoisotopic (exact) mass is 217 g/mol. The molecule has 1 aliphatic heterocycles. The number of hydrogen-bond acceptors (Lipinski definition) is 3. The van der Waals surface area contributed by atoms with Crippen LogP contribution >= 0.6 is 0 Å². The average molecular weight is 217 g/mol. The molecule has 1 saturated heterocycles. The summed E-state index contributed by atoms with van der Waals surface area (Å²) in [5.74, 6) is 2.62. The van der Waals surface area contributed by atoms with Crippen LogP contribution in [-0.2, 0) is 4.74 Å². The molecule has 1 heterocycles. The molecule has 2 rings (SSSR count). The molecule has 1 fully saturated rings. The van der Waals surface area contributed by atoms with E-state index in [-0.39, 0.29) is 18.9 Å². The van der Waals surface area contributed by atoms with E-state index in [1.54, 1.807) is 0 Å². The quantitative estimate of drug-likeness (QED) is 0.767. The normalized spacial score (nSPS) is 25.5. The second kappa shape index (κ2) is 5.13. The molecule has 0 radical (unpaired) electrons. The summed E-state index contributed by atoms with van der Waals surface area (Å²) in [6, 6.07) is 9.92. The zero-order valence-corrected chi connectivity index (χ0v) is 9.04. The summed E-state index contributed by atoms with van der Waals surface area (Å²) < 4.78 is 5.74. The molecule has 0 amide bonds. The van der Waals surface area contributed by atoms with E-state index in [0.29, 0.717) is 13.1 Å². The average Bonchev–Trinajstić information content (AvgIpc) is 2.74. The Hall–Kier alpha value is -1.34. The summed E-state index contributed by atoms with van der Waals surface area (Å²) in [7, 11) is 0. The molecule has 0 saturated carbocycles. The van der Waals surface area contributed by atoms with Gasteiger partial charge in [0, 0.05) is 6.54 Å². The van der Waals surface area contributed by atoms with E-state index >= 15 is 0 Å². The Kier molecular flexibility index (Phi) is 3.58. The summed E-state index contributed by atoms with van der Waals surface area (Å²) >= 11 is 0. The number of nitrogens with zero attached hydrogens (tertiary/aromatic N) is 1. The van der Waals surface area contributed by atoms with Crippen molar-refractivity contribution in [2.24, 2.45) is 0 Å². The highest BCUT2D eigenvalue weighted by atomic mass is 16.5. The Morgan fingerprint density at radius 1 is 1.44 bits per heavy atom. The maximum Gasteiger partial charge on any atom is 0.138 e. The minimum absolute atomic E-state index is 0.0321. The number of aliphatic hydroxyl groups is 1. The highest BCUT2D eigenvalue weighted by Gasteiger charge is 2.32. The van der Waals surface area contributed by atoms with Crippen LogP contribution in [0.5, 0.6) is 0 Å². The van der Waals surface area contributed by atoms with E-state index in [1.165, 1.54) is 0 Å². The zero-order valence-electron chi connectivity index (χ0n) is 9.04. The van der Waals surface area contributed by atoms with Gasteiger partial charge in [0.1, 0.15) is 6.23 Å². The van der Waals surface area contributed by atoms with Crippen molar-refractivity contribution in [2.75, 3.05) is 19.7 Å². The van der Waals surface area contributed by atoms with Gasteiger partial charge in [-0.25, -0.2) is 0 Å². The van der Waals surface area contributed by atoms with Gasteiger partial charge in [-0.2, -0.15) is 0 Å². The van der Waals surface area contributed by atoms with Crippen LogP contribution in [0.15, 0.2) is 30.3 Å². The van der Waals surface area contributed by atoms with E-state index in [4.69, 9.17) is 16.3 Å². The summed E-state index contributed by atoms with van der Waals surface area (Å²) in [5, 5.41) is 9.11. The number of hydrogen-bond donors (Lipinski definition) is 1. The Morgan fingerprint density at radius 2 is 2.19 bits per heavy atom. The van der Waals surface area contributed by atoms with Gasteiger partial charge in [-0.3, -0.25) is 4.90 Å². The van der Waals surface area contributed by atoms with Gasteiger partial charge >= 0.3 is 0 Å². The first-order valence-electron chi connectivity index (χ1n) is 5.34. The fraction of sp³-hybridized carbons (Fsp3) is 0.385. The summed E-state index contributed by atoms with van der Waals surface area (Å²) in [4.78, 5) is 2.05. The van der Waals surface area contributed by atoms with Gasteiger partial charge < -0.3 is 9.84 Å². The molecule has 0 aromatic heterocycles. The van der Waals surface area contributed by atoms with E-state index < -0.39 is 0 Å². The smallest absolute Gasteiger partial charge is 0.138 e. The van der Waals surface area contributed by atoms with Crippen molar-refractivity contribution >= 4 is 0 Å². The number of benzene rings is 1. The third kappa shape index (κ3) is 2.25. The molecular weight excluding hydrogens is 202 g/mol. The maximum absolute atomic E-state index is 9.11. The largest absolute Gasteiger partial charge is 0.394 e. The van der Waals surface area contributed by atoms with E-state index in [1.807, 2.05) is 30.3 Å². The number of ether oxygens (including phenoxy) is 1. The first-order chi connectivity index (χ1) is 7.85. The van der Waals surface area contributed by atoms with Crippen LogP contribution in [-0.4, -0.2) is 35.8 Å². The lowest BCUT2D eigenvalue weighted by Crippen LogP contribution is -2.25. The van der Waals surface area contributed by atoms with E-state index in [2.05, 4.69) is 10.8 Å². The molecule has 1 N–H and O–H groups in total. The molecular formula is C13H15NO2.